The van der Waals surface area contributed by atoms with E-state index in [1.807, 2.05) is 0 Å². The van der Waals surface area contributed by atoms with Crippen LogP contribution in [-0.4, -0.2) is 4.98 Å². The van der Waals surface area contributed by atoms with Gasteiger partial charge in [0.05, 0.1) is 14.8 Å². The molecule has 0 aliphatic carbocycles. The topological polar surface area (TPSA) is 12.9 Å². The molecule has 0 saturated heterocycles. The predicted octanol–water partition coefficient (Wildman–Crippen LogP) is 3.42. The van der Waals surface area contributed by atoms with E-state index < -0.39 is 17.9 Å². The van der Waals surface area contributed by atoms with Crippen molar-refractivity contribution in [2.24, 2.45) is 0 Å². The molecule has 0 aliphatic heterocycles. The average molecular weight is 307 g/mol. The van der Waals surface area contributed by atoms with Crippen LogP contribution in [0.25, 0.3) is 0 Å². The van der Waals surface area contributed by atoms with Crippen molar-refractivity contribution in [3.8, 4) is 0 Å². The van der Waals surface area contributed by atoms with E-state index in [1.54, 1.807) is 22.6 Å². The van der Waals surface area contributed by atoms with Crippen LogP contribution in [0.4, 0.5) is 13.2 Å². The van der Waals surface area contributed by atoms with Crippen LogP contribution in [0.5, 0.6) is 0 Å². The van der Waals surface area contributed by atoms with Crippen LogP contribution >= 0.6 is 34.2 Å². The number of pyridine rings is 1. The van der Waals surface area contributed by atoms with E-state index in [4.69, 9.17) is 11.6 Å². The van der Waals surface area contributed by atoms with E-state index in [0.29, 0.717) is 0 Å². The van der Waals surface area contributed by atoms with Crippen LogP contribution in [0.3, 0.4) is 0 Å². The summed E-state index contributed by atoms with van der Waals surface area (Å²) in [4.78, 5) is 3.18. The highest BCUT2D eigenvalue weighted by Crippen LogP contribution is 2.29. The molecule has 0 atom stereocenters. The molecular weight excluding hydrogens is 305 g/mol. The molecule has 66 valence electrons. The fourth-order valence-corrected chi connectivity index (χ4v) is 1.25. The molecule has 0 N–H and O–H groups in total. The first-order valence-corrected chi connectivity index (χ1v) is 4.27. The molecule has 0 fully saturated rings. The standard InChI is InChI=1S/C6H2ClF3IN/c7-3-4(11)2(8)1-12-5(3)6(9)10/h1,6H. The van der Waals surface area contributed by atoms with Gasteiger partial charge in [-0.05, 0) is 22.6 Å². The fourth-order valence-electron chi connectivity index (χ4n) is 0.609. The maximum atomic E-state index is 12.6. The Morgan fingerprint density at radius 2 is 2.08 bits per heavy atom. The van der Waals surface area contributed by atoms with E-state index in [9.17, 15) is 13.2 Å². The number of halogens is 5. The van der Waals surface area contributed by atoms with Crippen molar-refractivity contribution < 1.29 is 13.2 Å². The Kier molecular flexibility index (Phi) is 3.16. The van der Waals surface area contributed by atoms with Crippen molar-refractivity contribution in [1.82, 2.24) is 4.98 Å². The molecule has 6 heteroatoms. The second-order valence-electron chi connectivity index (χ2n) is 1.92. The molecule has 0 aliphatic rings. The summed E-state index contributed by atoms with van der Waals surface area (Å²) in [6.45, 7) is 0. The first kappa shape index (κ1) is 10.0. The van der Waals surface area contributed by atoms with Crippen LogP contribution in [0, 0.1) is 9.39 Å². The van der Waals surface area contributed by atoms with Crippen LogP contribution in [0.2, 0.25) is 5.02 Å². The molecule has 0 bridgehead atoms. The van der Waals surface area contributed by atoms with E-state index in [1.165, 1.54) is 0 Å². The summed E-state index contributed by atoms with van der Waals surface area (Å²) in [5.74, 6) is -0.690. The van der Waals surface area contributed by atoms with Crippen LogP contribution < -0.4 is 0 Å². The van der Waals surface area contributed by atoms with Crippen molar-refractivity contribution in [2.45, 2.75) is 6.43 Å². The maximum Gasteiger partial charge on any atom is 0.281 e. The van der Waals surface area contributed by atoms with E-state index in [2.05, 4.69) is 4.98 Å². The minimum absolute atomic E-state index is 0.0282. The highest BCUT2D eigenvalue weighted by Gasteiger charge is 2.17. The monoisotopic (exact) mass is 307 g/mol. The lowest BCUT2D eigenvalue weighted by molar-refractivity contribution is 0.146. The smallest absolute Gasteiger partial charge is 0.251 e. The molecule has 12 heavy (non-hydrogen) atoms. The third kappa shape index (κ3) is 1.82. The summed E-state index contributed by atoms with van der Waals surface area (Å²) in [7, 11) is 0. The third-order valence-corrected chi connectivity index (χ3v) is 2.91. The Morgan fingerprint density at radius 1 is 1.50 bits per heavy atom. The predicted molar refractivity (Wildman–Crippen MR) is 46.9 cm³/mol. The lowest BCUT2D eigenvalue weighted by Crippen LogP contribution is -1.96. The Balaban J connectivity index is 3.27. The number of nitrogens with zero attached hydrogens (tertiary/aromatic N) is 1. The summed E-state index contributed by atoms with van der Waals surface area (Å²) in [5, 5.41) is -0.314. The van der Waals surface area contributed by atoms with Gasteiger partial charge < -0.3 is 0 Å². The summed E-state index contributed by atoms with van der Waals surface area (Å²) >= 11 is 6.95. The van der Waals surface area contributed by atoms with Crippen molar-refractivity contribution in [3.05, 3.63) is 26.3 Å². The molecule has 1 rings (SSSR count). The zero-order valence-electron chi connectivity index (χ0n) is 5.49. The Labute approximate surface area is 85.1 Å². The van der Waals surface area contributed by atoms with Gasteiger partial charge in [0, 0.05) is 0 Å². The molecule has 1 aromatic heterocycles. The SMILES string of the molecule is Fc1cnc(C(F)F)c(Cl)c1I. The Morgan fingerprint density at radius 3 is 2.58 bits per heavy atom. The van der Waals surface area contributed by atoms with Gasteiger partial charge in [-0.15, -0.1) is 0 Å². The zero-order valence-corrected chi connectivity index (χ0v) is 8.41. The molecule has 0 saturated carbocycles. The normalized spacial score (nSPS) is 10.8. The highest BCUT2D eigenvalue weighted by molar-refractivity contribution is 14.1. The Bertz CT molecular complexity index is 305. The highest BCUT2D eigenvalue weighted by atomic mass is 127. The molecular formula is C6H2ClF3IN. The number of aromatic nitrogens is 1. The summed E-state index contributed by atoms with van der Waals surface area (Å²) < 4.78 is 36.7. The minimum atomic E-state index is -2.77. The molecule has 0 spiro atoms. The number of rotatable bonds is 1. The van der Waals surface area contributed by atoms with Gasteiger partial charge in [0.25, 0.3) is 6.43 Å². The van der Waals surface area contributed by atoms with E-state index in [-0.39, 0.29) is 8.59 Å². The molecule has 0 amide bonds. The molecule has 0 unspecified atom stereocenters. The minimum Gasteiger partial charge on any atom is -0.251 e. The second-order valence-corrected chi connectivity index (χ2v) is 3.38. The summed E-state index contributed by atoms with van der Waals surface area (Å²) in [6.07, 6.45) is -2.04. The quantitative estimate of drug-likeness (QED) is 0.725. The van der Waals surface area contributed by atoms with Gasteiger partial charge in [-0.1, -0.05) is 11.6 Å². The lowest BCUT2D eigenvalue weighted by atomic mass is 10.3. The largest absolute Gasteiger partial charge is 0.281 e. The van der Waals surface area contributed by atoms with Crippen molar-refractivity contribution in [2.75, 3.05) is 0 Å². The molecule has 0 radical (unpaired) electrons. The van der Waals surface area contributed by atoms with Gasteiger partial charge in [-0.2, -0.15) is 0 Å². The molecule has 1 aromatic rings. The zero-order chi connectivity index (χ0) is 9.30. The summed E-state index contributed by atoms with van der Waals surface area (Å²) in [5.41, 5.74) is -0.581. The molecule has 1 heterocycles. The average Bonchev–Trinajstić information content (AvgIpc) is 2.00. The van der Waals surface area contributed by atoms with Crippen LogP contribution in [0.1, 0.15) is 12.1 Å². The number of hydrogen-bond acceptors (Lipinski definition) is 1. The number of hydrogen-bond donors (Lipinski definition) is 0. The van der Waals surface area contributed by atoms with Crippen LogP contribution in [0.15, 0.2) is 6.20 Å². The fraction of sp³-hybridized carbons (Fsp3) is 0.167. The number of alkyl halides is 2. The summed E-state index contributed by atoms with van der Waals surface area (Å²) in [6, 6.07) is 0. The molecule has 1 nitrogen and oxygen atoms in total. The van der Waals surface area contributed by atoms with Gasteiger partial charge in [-0.25, -0.2) is 13.2 Å². The van der Waals surface area contributed by atoms with E-state index >= 15 is 0 Å². The van der Waals surface area contributed by atoms with E-state index in [0.717, 1.165) is 6.20 Å². The van der Waals surface area contributed by atoms with Crippen molar-refractivity contribution in [3.63, 3.8) is 0 Å². The Hall–Kier alpha value is -0.0400. The second kappa shape index (κ2) is 3.78. The first-order valence-electron chi connectivity index (χ1n) is 2.81. The van der Waals surface area contributed by atoms with Gasteiger partial charge >= 0.3 is 0 Å². The van der Waals surface area contributed by atoms with Crippen LogP contribution in [-0.2, 0) is 0 Å². The third-order valence-electron chi connectivity index (χ3n) is 1.15. The van der Waals surface area contributed by atoms with Crippen molar-refractivity contribution in [1.29, 1.82) is 0 Å². The van der Waals surface area contributed by atoms with Gasteiger partial charge in [-0.3, -0.25) is 4.98 Å². The van der Waals surface area contributed by atoms with Crippen molar-refractivity contribution >= 4 is 34.2 Å². The van der Waals surface area contributed by atoms with Gasteiger partial charge in [0.2, 0.25) is 0 Å². The lowest BCUT2D eigenvalue weighted by Gasteiger charge is -2.03. The molecule has 0 aromatic carbocycles. The maximum absolute atomic E-state index is 12.6. The first-order chi connectivity index (χ1) is 5.54. The van der Waals surface area contributed by atoms with Gasteiger partial charge in [0.15, 0.2) is 5.82 Å². The van der Waals surface area contributed by atoms with Gasteiger partial charge in [0.1, 0.15) is 5.69 Å².